The first-order valence-corrected chi connectivity index (χ1v) is 7.67. The molecule has 1 aromatic heterocycles. The second kappa shape index (κ2) is 5.47. The van der Waals surface area contributed by atoms with E-state index in [2.05, 4.69) is 16.4 Å². The minimum absolute atomic E-state index is 0.240. The van der Waals surface area contributed by atoms with Gasteiger partial charge >= 0.3 is 0 Å². The summed E-state index contributed by atoms with van der Waals surface area (Å²) < 4.78 is 1.06. The van der Waals surface area contributed by atoms with Crippen LogP contribution in [0.2, 0.25) is 5.02 Å². The van der Waals surface area contributed by atoms with Gasteiger partial charge in [0.2, 0.25) is 0 Å². The monoisotopic (exact) mass is 316 g/mol. The van der Waals surface area contributed by atoms with Crippen molar-refractivity contribution in [1.29, 1.82) is 0 Å². The molecule has 3 nitrogen and oxygen atoms in total. The number of aromatic nitrogens is 1. The number of nitrogens with one attached hydrogen (secondary N) is 1. The number of rotatable bonds is 2. The summed E-state index contributed by atoms with van der Waals surface area (Å²) in [7, 11) is 0. The quantitative estimate of drug-likeness (QED) is 0.736. The number of thiazole rings is 1. The van der Waals surface area contributed by atoms with Crippen LogP contribution in [0, 0.1) is 13.8 Å². The molecule has 21 heavy (non-hydrogen) atoms. The average Bonchev–Trinajstić information content (AvgIpc) is 2.79. The Balaban J connectivity index is 1.89. The number of carbonyl (C=O) groups is 1. The van der Waals surface area contributed by atoms with Gasteiger partial charge in [-0.1, -0.05) is 35.1 Å². The number of aryl methyl sites for hydroxylation is 2. The summed E-state index contributed by atoms with van der Waals surface area (Å²) in [5, 5.41) is 3.84. The summed E-state index contributed by atoms with van der Waals surface area (Å²) in [6.07, 6.45) is 0. The zero-order valence-corrected chi connectivity index (χ0v) is 13.2. The molecule has 0 radical (unpaired) electrons. The van der Waals surface area contributed by atoms with Gasteiger partial charge in [-0.25, -0.2) is 4.98 Å². The van der Waals surface area contributed by atoms with Crippen molar-refractivity contribution >= 4 is 44.2 Å². The predicted octanol–water partition coefficient (Wildman–Crippen LogP) is 4.82. The number of anilines is 1. The van der Waals surface area contributed by atoms with Gasteiger partial charge in [0.15, 0.2) is 5.13 Å². The van der Waals surface area contributed by atoms with Gasteiger partial charge in [0, 0.05) is 0 Å². The average molecular weight is 317 g/mol. The minimum atomic E-state index is -0.240. The Morgan fingerprint density at radius 3 is 2.62 bits per heavy atom. The molecule has 0 bridgehead atoms. The third-order valence-electron chi connectivity index (χ3n) is 3.13. The minimum Gasteiger partial charge on any atom is -0.298 e. The van der Waals surface area contributed by atoms with Crippen LogP contribution in [0.25, 0.3) is 10.2 Å². The number of benzene rings is 2. The van der Waals surface area contributed by atoms with Crippen molar-refractivity contribution in [3.63, 3.8) is 0 Å². The summed E-state index contributed by atoms with van der Waals surface area (Å²) in [5.41, 5.74) is 3.53. The van der Waals surface area contributed by atoms with Crippen LogP contribution in [-0.2, 0) is 0 Å². The molecule has 0 spiro atoms. The molecule has 1 N–H and O–H groups in total. The van der Waals surface area contributed by atoms with E-state index >= 15 is 0 Å². The summed E-state index contributed by atoms with van der Waals surface area (Å²) in [5.74, 6) is -0.240. The Kier molecular flexibility index (Phi) is 3.66. The Bertz CT molecular complexity index is 841. The van der Waals surface area contributed by atoms with Crippen molar-refractivity contribution in [2.24, 2.45) is 0 Å². The predicted molar refractivity (Wildman–Crippen MR) is 88.5 cm³/mol. The summed E-state index contributed by atoms with van der Waals surface area (Å²) in [4.78, 5) is 16.7. The van der Waals surface area contributed by atoms with E-state index in [9.17, 15) is 4.79 Å². The zero-order valence-electron chi connectivity index (χ0n) is 11.6. The number of amides is 1. The first kappa shape index (κ1) is 14.0. The molecule has 1 amide bonds. The van der Waals surface area contributed by atoms with Crippen LogP contribution in [0.1, 0.15) is 21.5 Å². The number of carbonyl (C=O) groups excluding carboxylic acids is 1. The maximum atomic E-state index is 12.3. The lowest BCUT2D eigenvalue weighted by Gasteiger charge is -2.04. The number of fused-ring (bicyclic) bond motifs is 1. The van der Waals surface area contributed by atoms with Crippen molar-refractivity contribution in [1.82, 2.24) is 4.98 Å². The van der Waals surface area contributed by atoms with E-state index < -0.39 is 0 Å². The van der Waals surface area contributed by atoms with Crippen LogP contribution >= 0.6 is 22.9 Å². The Hall–Kier alpha value is -1.91. The number of nitrogens with zero attached hydrogens (tertiary/aromatic N) is 1. The van der Waals surface area contributed by atoms with Crippen molar-refractivity contribution in [2.45, 2.75) is 13.8 Å². The van der Waals surface area contributed by atoms with Gasteiger partial charge in [0.05, 0.1) is 20.8 Å². The molecule has 0 aliphatic heterocycles. The molecule has 1 heterocycles. The van der Waals surface area contributed by atoms with E-state index in [-0.39, 0.29) is 5.91 Å². The highest BCUT2D eigenvalue weighted by molar-refractivity contribution is 7.22. The molecule has 106 valence electrons. The van der Waals surface area contributed by atoms with Gasteiger partial charge in [0.25, 0.3) is 5.91 Å². The molecule has 5 heteroatoms. The molecule has 0 atom stereocenters. The number of halogens is 1. The van der Waals surface area contributed by atoms with Crippen LogP contribution in [0.15, 0.2) is 36.4 Å². The van der Waals surface area contributed by atoms with Crippen LogP contribution < -0.4 is 5.32 Å². The summed E-state index contributed by atoms with van der Waals surface area (Å²) >= 11 is 7.57. The van der Waals surface area contributed by atoms with E-state index in [1.54, 1.807) is 12.1 Å². The normalized spacial score (nSPS) is 10.8. The highest BCUT2D eigenvalue weighted by atomic mass is 35.5. The van der Waals surface area contributed by atoms with E-state index in [1.165, 1.54) is 16.9 Å². The van der Waals surface area contributed by atoms with Crippen molar-refractivity contribution < 1.29 is 4.79 Å². The Labute approximate surface area is 131 Å². The van der Waals surface area contributed by atoms with Crippen molar-refractivity contribution in [2.75, 3.05) is 5.32 Å². The lowest BCUT2D eigenvalue weighted by molar-refractivity contribution is 0.102. The molecule has 0 unspecified atom stereocenters. The highest BCUT2D eigenvalue weighted by Crippen LogP contribution is 2.27. The standard InChI is InChI=1S/C16H13ClN2OS/c1-9-3-5-11(12(17)7-9)15(20)19-16-18-13-6-4-10(2)8-14(13)21-16/h3-8H,1-2H3,(H,18,19,20). The van der Waals surface area contributed by atoms with Crippen LogP contribution in [-0.4, -0.2) is 10.9 Å². The maximum absolute atomic E-state index is 12.3. The second-order valence-corrected chi connectivity index (χ2v) is 6.37. The molecule has 0 fully saturated rings. The fourth-order valence-corrected chi connectivity index (χ4v) is 3.33. The molecule has 0 saturated heterocycles. The van der Waals surface area contributed by atoms with Gasteiger partial charge in [-0.2, -0.15) is 0 Å². The molecule has 0 aliphatic rings. The Morgan fingerprint density at radius 2 is 1.86 bits per heavy atom. The third-order valence-corrected chi connectivity index (χ3v) is 4.38. The second-order valence-electron chi connectivity index (χ2n) is 4.93. The maximum Gasteiger partial charge on any atom is 0.258 e. The van der Waals surface area contributed by atoms with Gasteiger partial charge in [-0.05, 0) is 49.2 Å². The van der Waals surface area contributed by atoms with Gasteiger partial charge < -0.3 is 0 Å². The van der Waals surface area contributed by atoms with E-state index in [4.69, 9.17) is 11.6 Å². The first-order valence-electron chi connectivity index (χ1n) is 6.47. The molecule has 0 saturated carbocycles. The third kappa shape index (κ3) is 2.91. The van der Waals surface area contributed by atoms with Crippen LogP contribution in [0.3, 0.4) is 0 Å². The Morgan fingerprint density at radius 1 is 1.14 bits per heavy atom. The topological polar surface area (TPSA) is 42.0 Å². The SMILES string of the molecule is Cc1ccc(C(=O)Nc2nc3ccc(C)cc3s2)c(Cl)c1. The fraction of sp³-hybridized carbons (Fsp3) is 0.125. The summed E-state index contributed by atoms with van der Waals surface area (Å²) in [6, 6.07) is 11.4. The van der Waals surface area contributed by atoms with Gasteiger partial charge in [0.1, 0.15) is 0 Å². The fourth-order valence-electron chi connectivity index (χ4n) is 2.05. The molecule has 0 aliphatic carbocycles. The van der Waals surface area contributed by atoms with E-state index in [0.717, 1.165) is 15.8 Å². The van der Waals surface area contributed by atoms with Crippen molar-refractivity contribution in [3.05, 3.63) is 58.1 Å². The molecule has 3 aromatic rings. The van der Waals surface area contributed by atoms with E-state index in [0.29, 0.717) is 15.7 Å². The van der Waals surface area contributed by atoms with Crippen molar-refractivity contribution in [3.8, 4) is 0 Å². The lowest BCUT2D eigenvalue weighted by Crippen LogP contribution is -2.12. The molecular weight excluding hydrogens is 304 g/mol. The van der Waals surface area contributed by atoms with E-state index in [1.807, 2.05) is 32.0 Å². The van der Waals surface area contributed by atoms with Gasteiger partial charge in [-0.15, -0.1) is 0 Å². The number of hydrogen-bond donors (Lipinski definition) is 1. The lowest BCUT2D eigenvalue weighted by atomic mass is 10.1. The largest absolute Gasteiger partial charge is 0.298 e. The molecule has 2 aromatic carbocycles. The smallest absolute Gasteiger partial charge is 0.258 e. The highest BCUT2D eigenvalue weighted by Gasteiger charge is 2.13. The first-order chi connectivity index (χ1) is 10.0. The van der Waals surface area contributed by atoms with Crippen LogP contribution in [0.4, 0.5) is 5.13 Å². The summed E-state index contributed by atoms with van der Waals surface area (Å²) in [6.45, 7) is 3.97. The molecular formula is C16H13ClN2OS. The van der Waals surface area contributed by atoms with Gasteiger partial charge in [-0.3, -0.25) is 10.1 Å². The molecule has 3 rings (SSSR count). The zero-order chi connectivity index (χ0) is 15.0. The number of hydrogen-bond acceptors (Lipinski definition) is 3. The van der Waals surface area contributed by atoms with Crippen LogP contribution in [0.5, 0.6) is 0 Å².